The summed E-state index contributed by atoms with van der Waals surface area (Å²) in [4.78, 5) is 0. The summed E-state index contributed by atoms with van der Waals surface area (Å²) in [6.07, 6.45) is 0. The molecule has 0 aromatic heterocycles. The van der Waals surface area contributed by atoms with Gasteiger partial charge in [-0.05, 0) is 36.1 Å². The van der Waals surface area contributed by atoms with Gasteiger partial charge in [0.25, 0.3) is 0 Å². The molecule has 0 saturated carbocycles. The van der Waals surface area contributed by atoms with Gasteiger partial charge in [-0.2, -0.15) is 5.26 Å². The van der Waals surface area contributed by atoms with Crippen LogP contribution in [0.1, 0.15) is 19.4 Å². The molecule has 0 aliphatic carbocycles. The van der Waals surface area contributed by atoms with Crippen LogP contribution in [0.3, 0.4) is 0 Å². The van der Waals surface area contributed by atoms with Crippen LogP contribution >= 0.6 is 24.0 Å². The lowest BCUT2D eigenvalue weighted by Crippen LogP contribution is -2.15. The molecule has 0 unspecified atom stereocenters. The highest BCUT2D eigenvalue weighted by Crippen LogP contribution is 2.38. The minimum atomic E-state index is -0.575. The molecule has 3 heteroatoms. The van der Waals surface area contributed by atoms with Crippen molar-refractivity contribution in [2.24, 2.45) is 0 Å². The molecule has 3 aromatic carbocycles. The summed E-state index contributed by atoms with van der Waals surface area (Å²) in [6.45, 7) is 3.80. The normalized spacial score (nSPS) is 11.0. The molecule has 0 saturated heterocycles. The van der Waals surface area contributed by atoms with E-state index in [2.05, 4.69) is 48.5 Å². The smallest absolute Gasteiger partial charge is 0.102 e. The molecule has 0 N–H and O–H groups in total. The van der Waals surface area contributed by atoms with E-state index in [9.17, 15) is 5.26 Å². The number of hydrogen-bond donors (Lipinski definition) is 0. The minimum absolute atomic E-state index is 0.575. The van der Waals surface area contributed by atoms with Crippen LogP contribution in [0.5, 0.6) is 0 Å². The van der Waals surface area contributed by atoms with Crippen LogP contribution in [-0.2, 0) is 0 Å². The Hall–Kier alpha value is -2.41. The fourth-order valence-corrected chi connectivity index (χ4v) is 4.47. The Balaban J connectivity index is 2.21. The molecule has 0 aliphatic heterocycles. The lowest BCUT2D eigenvalue weighted by Gasteiger charge is -2.20. The average Bonchev–Trinajstić information content (AvgIpc) is 2.68. The van der Waals surface area contributed by atoms with Gasteiger partial charge in [-0.25, -0.2) is 0 Å². The number of nitrogens with zero attached hydrogens (tertiary/aromatic N) is 1. The number of thioether (sulfide) groups is 1. The molecule has 0 aliphatic rings. The van der Waals surface area contributed by atoms with Crippen molar-refractivity contribution in [1.82, 2.24) is 0 Å². The fraction of sp³-hybridized carbons (Fsp3) is 0.130. The first-order valence-electron chi connectivity index (χ1n) is 8.40. The Morgan fingerprint density at radius 2 is 1.27 bits per heavy atom. The van der Waals surface area contributed by atoms with E-state index in [0.29, 0.717) is 0 Å². The predicted molar refractivity (Wildman–Crippen MR) is 116 cm³/mol. The molecule has 0 amide bonds. The Kier molecular flexibility index (Phi) is 5.56. The maximum absolute atomic E-state index is 9.43. The van der Waals surface area contributed by atoms with Gasteiger partial charge in [-0.15, -0.1) is 0 Å². The van der Waals surface area contributed by atoms with E-state index < -0.39 is 4.75 Å². The monoisotopic (exact) mass is 373 g/mol. The third-order valence-corrected chi connectivity index (χ3v) is 5.50. The summed E-state index contributed by atoms with van der Waals surface area (Å²) >= 11 is 7.26. The van der Waals surface area contributed by atoms with Gasteiger partial charge in [-0.1, -0.05) is 103 Å². The number of benzene rings is 3. The van der Waals surface area contributed by atoms with Gasteiger partial charge in [0, 0.05) is 5.56 Å². The zero-order valence-electron chi connectivity index (χ0n) is 14.8. The third-order valence-electron chi connectivity index (χ3n) is 4.06. The molecule has 0 spiro atoms. The first-order chi connectivity index (χ1) is 12.5. The van der Waals surface area contributed by atoms with Crippen LogP contribution in [0, 0.1) is 11.3 Å². The van der Waals surface area contributed by atoms with Crippen molar-refractivity contribution in [3.05, 3.63) is 84.4 Å². The first-order valence-corrected chi connectivity index (χ1v) is 9.63. The van der Waals surface area contributed by atoms with Crippen LogP contribution in [0.2, 0.25) is 0 Å². The summed E-state index contributed by atoms with van der Waals surface area (Å²) in [5.74, 6) is 0. The van der Waals surface area contributed by atoms with Gasteiger partial charge in [0.2, 0.25) is 0 Å². The van der Waals surface area contributed by atoms with Gasteiger partial charge in [-0.3, -0.25) is 0 Å². The predicted octanol–water partition coefficient (Wildman–Crippen LogP) is 6.73. The molecule has 0 radical (unpaired) electrons. The lowest BCUT2D eigenvalue weighted by atomic mass is 9.93. The van der Waals surface area contributed by atoms with Gasteiger partial charge in [0.1, 0.15) is 4.75 Å². The van der Waals surface area contributed by atoms with E-state index in [1.54, 1.807) is 0 Å². The minimum Gasteiger partial charge on any atom is -0.197 e. The molecule has 1 nitrogen and oxygen atoms in total. The lowest BCUT2D eigenvalue weighted by molar-refractivity contribution is 0.921. The van der Waals surface area contributed by atoms with Gasteiger partial charge < -0.3 is 0 Å². The highest BCUT2D eigenvalue weighted by Gasteiger charge is 2.24. The van der Waals surface area contributed by atoms with E-state index in [0.717, 1.165) is 32.0 Å². The highest BCUT2D eigenvalue weighted by molar-refractivity contribution is 8.24. The zero-order valence-corrected chi connectivity index (χ0v) is 16.4. The zero-order chi connectivity index (χ0) is 18.6. The topological polar surface area (TPSA) is 23.8 Å². The quantitative estimate of drug-likeness (QED) is 0.474. The Morgan fingerprint density at radius 3 is 1.69 bits per heavy atom. The number of rotatable bonds is 4. The molecular formula is C23H19NS2. The second-order valence-electron chi connectivity index (χ2n) is 6.47. The second-order valence-corrected chi connectivity index (χ2v) is 8.77. The molecule has 26 heavy (non-hydrogen) atoms. The maximum Gasteiger partial charge on any atom is 0.102 e. The molecular weight excluding hydrogens is 354 g/mol. The van der Waals surface area contributed by atoms with Crippen LogP contribution in [0.4, 0.5) is 0 Å². The number of hydrogen-bond acceptors (Lipinski definition) is 3. The van der Waals surface area contributed by atoms with Crippen molar-refractivity contribution < 1.29 is 0 Å². The van der Waals surface area contributed by atoms with Crippen LogP contribution in [-0.4, -0.2) is 8.94 Å². The number of thiocarbonyl (C=S) groups is 1. The molecule has 128 valence electrons. The van der Waals surface area contributed by atoms with E-state index in [1.165, 1.54) is 11.8 Å². The van der Waals surface area contributed by atoms with Gasteiger partial charge in [0.05, 0.1) is 10.3 Å². The van der Waals surface area contributed by atoms with E-state index >= 15 is 0 Å². The van der Waals surface area contributed by atoms with Crippen LogP contribution in [0.25, 0.3) is 22.3 Å². The first kappa shape index (κ1) is 18.4. The summed E-state index contributed by atoms with van der Waals surface area (Å²) < 4.78 is 0.171. The molecule has 3 rings (SSSR count). The van der Waals surface area contributed by atoms with Crippen molar-refractivity contribution in [1.29, 1.82) is 5.26 Å². The van der Waals surface area contributed by atoms with Crippen molar-refractivity contribution in [2.75, 3.05) is 0 Å². The molecule has 0 atom stereocenters. The average molecular weight is 374 g/mol. The van der Waals surface area contributed by atoms with Gasteiger partial charge in [0.15, 0.2) is 0 Å². The second kappa shape index (κ2) is 7.86. The van der Waals surface area contributed by atoms with Crippen molar-refractivity contribution in [3.63, 3.8) is 0 Å². The van der Waals surface area contributed by atoms with E-state index in [1.807, 2.05) is 50.2 Å². The van der Waals surface area contributed by atoms with Crippen LogP contribution in [0.15, 0.2) is 78.9 Å². The Labute approximate surface area is 164 Å². The van der Waals surface area contributed by atoms with E-state index in [-0.39, 0.29) is 0 Å². The Bertz CT molecular complexity index is 897. The summed E-state index contributed by atoms with van der Waals surface area (Å²) in [5, 5.41) is 9.43. The third kappa shape index (κ3) is 4.04. The Morgan fingerprint density at radius 1 is 0.808 bits per heavy atom. The number of nitriles is 1. The standard InChI is InChI=1S/C23H19NS2/c1-23(2,16-24)26-22(25)21-19(17-10-5-3-6-11-17)14-9-15-20(21)18-12-7-4-8-13-18/h3-15H,1-2H3. The molecule has 0 bridgehead atoms. The molecule has 0 fully saturated rings. The largest absolute Gasteiger partial charge is 0.197 e. The highest BCUT2D eigenvalue weighted by atomic mass is 32.2. The fourth-order valence-electron chi connectivity index (χ4n) is 2.79. The molecule has 0 heterocycles. The summed E-state index contributed by atoms with van der Waals surface area (Å²) in [6, 6.07) is 29.1. The van der Waals surface area contributed by atoms with Crippen LogP contribution < -0.4 is 0 Å². The maximum atomic E-state index is 9.43. The van der Waals surface area contributed by atoms with Crippen molar-refractivity contribution in [2.45, 2.75) is 18.6 Å². The summed E-state index contributed by atoms with van der Waals surface area (Å²) in [7, 11) is 0. The van der Waals surface area contributed by atoms with Crippen molar-refractivity contribution in [3.8, 4) is 28.3 Å². The summed E-state index contributed by atoms with van der Waals surface area (Å²) in [5.41, 5.74) is 5.46. The van der Waals surface area contributed by atoms with Gasteiger partial charge >= 0.3 is 0 Å². The van der Waals surface area contributed by atoms with E-state index in [4.69, 9.17) is 12.2 Å². The van der Waals surface area contributed by atoms with Crippen molar-refractivity contribution >= 4 is 28.2 Å². The SMILES string of the molecule is CC(C)(C#N)SC(=S)c1c(-c2ccccc2)cccc1-c1ccccc1. The molecule has 3 aromatic rings.